The van der Waals surface area contributed by atoms with Crippen molar-refractivity contribution in [3.8, 4) is 0 Å². The van der Waals surface area contributed by atoms with Crippen molar-refractivity contribution in [2.45, 2.75) is 25.8 Å². The predicted octanol–water partition coefficient (Wildman–Crippen LogP) is 1.66. The first-order chi connectivity index (χ1) is 8.12. The van der Waals surface area contributed by atoms with Gasteiger partial charge in [0, 0.05) is 25.1 Å². The molecule has 0 radical (unpaired) electrons. The average molecular weight is 268 g/mol. The molecule has 0 heterocycles. The van der Waals surface area contributed by atoms with E-state index >= 15 is 0 Å². The largest absolute Gasteiger partial charge is 0.382 e. The molecule has 1 N–H and O–H groups in total. The lowest BCUT2D eigenvalue weighted by Crippen LogP contribution is -2.41. The monoisotopic (exact) mass is 267 g/mol. The molecule has 0 amide bonds. The van der Waals surface area contributed by atoms with Gasteiger partial charge in [-0.05, 0) is 20.3 Å². The van der Waals surface area contributed by atoms with Gasteiger partial charge < -0.3 is 19.5 Å². The number of hydrogen-bond acceptors (Lipinski definition) is 4. The van der Waals surface area contributed by atoms with Crippen LogP contribution in [0.25, 0.3) is 0 Å². The van der Waals surface area contributed by atoms with Crippen molar-refractivity contribution in [3.63, 3.8) is 0 Å². The molecule has 0 aliphatic carbocycles. The van der Waals surface area contributed by atoms with Gasteiger partial charge in [0.1, 0.15) is 0 Å². The first kappa shape index (κ1) is 17.1. The second kappa shape index (κ2) is 11.2. The van der Waals surface area contributed by atoms with Crippen LogP contribution in [0.15, 0.2) is 0 Å². The minimum absolute atomic E-state index is 0.0834. The van der Waals surface area contributed by atoms with Gasteiger partial charge in [0.05, 0.1) is 33.0 Å². The normalized spacial score (nSPS) is 12.0. The minimum atomic E-state index is 0.0834. The summed E-state index contributed by atoms with van der Waals surface area (Å²) in [5.41, 5.74) is 0.0834. The molecule has 0 rings (SSSR count). The second-order valence-corrected chi connectivity index (χ2v) is 4.85. The third kappa shape index (κ3) is 12.4. The Morgan fingerprint density at radius 1 is 1.00 bits per heavy atom. The Morgan fingerprint density at radius 2 is 1.59 bits per heavy atom. The number of methoxy groups -OCH3 is 1. The number of halogens is 1. The molecule has 17 heavy (non-hydrogen) atoms. The molecule has 0 saturated carbocycles. The lowest BCUT2D eigenvalue weighted by atomic mass is 10.0. The minimum Gasteiger partial charge on any atom is -0.382 e. The molecule has 0 aromatic heterocycles. The Bertz CT molecular complexity index is 168. The Labute approximate surface area is 110 Å². The van der Waals surface area contributed by atoms with Crippen molar-refractivity contribution in [2.24, 2.45) is 0 Å². The van der Waals surface area contributed by atoms with E-state index in [0.29, 0.717) is 38.9 Å². The van der Waals surface area contributed by atoms with Crippen LogP contribution >= 0.6 is 11.6 Å². The van der Waals surface area contributed by atoms with Crippen molar-refractivity contribution in [3.05, 3.63) is 0 Å². The Morgan fingerprint density at radius 3 is 2.18 bits per heavy atom. The Balaban J connectivity index is 3.18. The number of ether oxygens (including phenoxy) is 3. The van der Waals surface area contributed by atoms with Crippen molar-refractivity contribution in [1.82, 2.24) is 5.32 Å². The molecule has 0 aliphatic heterocycles. The molecule has 4 nitrogen and oxygen atoms in total. The summed E-state index contributed by atoms with van der Waals surface area (Å²) in [5.74, 6) is 0.675. The summed E-state index contributed by atoms with van der Waals surface area (Å²) in [6.45, 7) is 8.32. The Hall–Kier alpha value is 0.130. The quantitative estimate of drug-likeness (QED) is 0.431. The van der Waals surface area contributed by atoms with E-state index in [2.05, 4.69) is 19.2 Å². The van der Waals surface area contributed by atoms with Gasteiger partial charge in [-0.2, -0.15) is 0 Å². The number of hydrogen-bond donors (Lipinski definition) is 1. The van der Waals surface area contributed by atoms with Crippen molar-refractivity contribution >= 4 is 11.6 Å². The third-order valence-electron chi connectivity index (χ3n) is 2.37. The highest BCUT2D eigenvalue weighted by molar-refractivity contribution is 6.17. The summed E-state index contributed by atoms with van der Waals surface area (Å²) in [5, 5.41) is 3.40. The Kier molecular flexibility index (Phi) is 11.3. The van der Waals surface area contributed by atoms with Crippen LogP contribution in [0.4, 0.5) is 0 Å². The molecule has 0 unspecified atom stereocenters. The van der Waals surface area contributed by atoms with Crippen LogP contribution in [-0.4, -0.2) is 58.1 Å². The van der Waals surface area contributed by atoms with Crippen LogP contribution in [-0.2, 0) is 14.2 Å². The van der Waals surface area contributed by atoms with E-state index in [-0.39, 0.29) is 5.54 Å². The zero-order chi connectivity index (χ0) is 13.0. The summed E-state index contributed by atoms with van der Waals surface area (Å²) >= 11 is 5.71. The smallest absolute Gasteiger partial charge is 0.0701 e. The van der Waals surface area contributed by atoms with Gasteiger partial charge in [-0.3, -0.25) is 0 Å². The first-order valence-corrected chi connectivity index (χ1v) is 6.61. The average Bonchev–Trinajstić information content (AvgIpc) is 2.27. The molecule has 5 heteroatoms. The highest BCUT2D eigenvalue weighted by Crippen LogP contribution is 2.08. The first-order valence-electron chi connectivity index (χ1n) is 6.08. The summed E-state index contributed by atoms with van der Waals surface area (Å²) in [7, 11) is 1.66. The lowest BCUT2D eigenvalue weighted by molar-refractivity contribution is 0.0246. The molecule has 104 valence electrons. The van der Waals surface area contributed by atoms with Crippen molar-refractivity contribution in [2.75, 3.05) is 52.6 Å². The standard InChI is InChI=1S/C12H26ClNO3/c1-12(2,4-5-13)14-6-7-16-10-11-17-9-8-15-3/h14H,4-11H2,1-3H3. The molecule has 0 saturated heterocycles. The van der Waals surface area contributed by atoms with Crippen molar-refractivity contribution < 1.29 is 14.2 Å². The third-order valence-corrected chi connectivity index (χ3v) is 2.56. The fraction of sp³-hybridized carbons (Fsp3) is 1.00. The molecular formula is C12H26ClNO3. The number of nitrogens with one attached hydrogen (secondary N) is 1. The molecule has 0 aromatic carbocycles. The molecule has 0 fully saturated rings. The van der Waals surface area contributed by atoms with E-state index in [1.165, 1.54) is 0 Å². The fourth-order valence-corrected chi connectivity index (χ4v) is 1.72. The van der Waals surface area contributed by atoms with Gasteiger partial charge in [-0.25, -0.2) is 0 Å². The molecule has 0 aliphatic rings. The molecule has 0 aromatic rings. The molecule has 0 spiro atoms. The van der Waals surface area contributed by atoms with Crippen LogP contribution < -0.4 is 5.32 Å². The van der Waals surface area contributed by atoms with E-state index < -0.39 is 0 Å². The van der Waals surface area contributed by atoms with Crippen molar-refractivity contribution in [1.29, 1.82) is 0 Å². The van der Waals surface area contributed by atoms with E-state index in [1.807, 2.05) is 0 Å². The highest BCUT2D eigenvalue weighted by Gasteiger charge is 2.14. The number of alkyl halides is 1. The van der Waals surface area contributed by atoms with Crippen LogP contribution in [0.1, 0.15) is 20.3 Å². The van der Waals surface area contributed by atoms with Crippen LogP contribution in [0.3, 0.4) is 0 Å². The summed E-state index contributed by atoms with van der Waals surface area (Å²) in [4.78, 5) is 0. The molecule has 0 bridgehead atoms. The van der Waals surface area contributed by atoms with E-state index in [0.717, 1.165) is 13.0 Å². The maximum atomic E-state index is 5.71. The van der Waals surface area contributed by atoms with Gasteiger partial charge >= 0.3 is 0 Å². The number of rotatable bonds is 12. The molecular weight excluding hydrogens is 242 g/mol. The van der Waals surface area contributed by atoms with E-state index in [1.54, 1.807) is 7.11 Å². The van der Waals surface area contributed by atoms with Gasteiger partial charge in [0.25, 0.3) is 0 Å². The van der Waals surface area contributed by atoms with Gasteiger partial charge in [0.15, 0.2) is 0 Å². The fourth-order valence-electron chi connectivity index (χ4n) is 1.25. The van der Waals surface area contributed by atoms with Crippen LogP contribution in [0.2, 0.25) is 0 Å². The zero-order valence-corrected chi connectivity index (χ0v) is 12.0. The summed E-state index contributed by atoms with van der Waals surface area (Å²) in [6, 6.07) is 0. The topological polar surface area (TPSA) is 39.7 Å². The van der Waals surface area contributed by atoms with E-state index in [9.17, 15) is 0 Å². The molecule has 0 atom stereocenters. The van der Waals surface area contributed by atoms with E-state index in [4.69, 9.17) is 25.8 Å². The van der Waals surface area contributed by atoms with Gasteiger partial charge in [-0.1, -0.05) is 0 Å². The van der Waals surface area contributed by atoms with Crippen LogP contribution in [0.5, 0.6) is 0 Å². The van der Waals surface area contributed by atoms with Crippen LogP contribution in [0, 0.1) is 0 Å². The van der Waals surface area contributed by atoms with Gasteiger partial charge in [-0.15, -0.1) is 11.6 Å². The van der Waals surface area contributed by atoms with Gasteiger partial charge in [0.2, 0.25) is 0 Å². The highest BCUT2D eigenvalue weighted by atomic mass is 35.5. The lowest BCUT2D eigenvalue weighted by Gasteiger charge is -2.25. The summed E-state index contributed by atoms with van der Waals surface area (Å²) in [6.07, 6.45) is 0.953. The second-order valence-electron chi connectivity index (χ2n) is 4.47. The zero-order valence-electron chi connectivity index (χ0n) is 11.3. The predicted molar refractivity (Wildman–Crippen MR) is 70.9 cm³/mol. The maximum Gasteiger partial charge on any atom is 0.0701 e. The maximum absolute atomic E-state index is 5.71. The summed E-state index contributed by atoms with van der Waals surface area (Å²) < 4.78 is 15.6. The SMILES string of the molecule is COCCOCCOCCNC(C)(C)CCCl.